The predicted octanol–water partition coefficient (Wildman–Crippen LogP) is 1.09. The van der Waals surface area contributed by atoms with Crippen molar-refractivity contribution in [3.05, 3.63) is 29.8 Å². The lowest BCUT2D eigenvalue weighted by molar-refractivity contribution is -0.106. The molecule has 1 aliphatic rings. The highest BCUT2D eigenvalue weighted by atomic mass is 16.1. The standard InChI is InChI=1S/C10H9N3O/c14-7-13-10-6-11-9-4-2-1-3-8(9)5-12-10/h1-5,7,11H,6H2. The van der Waals surface area contributed by atoms with Crippen LogP contribution in [0.15, 0.2) is 34.3 Å². The number of carbonyl (C=O) groups excluding carboxylic acids is 1. The van der Waals surface area contributed by atoms with Gasteiger partial charge in [0.25, 0.3) is 0 Å². The number of nitrogens with one attached hydrogen (secondary N) is 1. The number of amidine groups is 1. The molecule has 0 bridgehead atoms. The molecule has 1 heterocycles. The van der Waals surface area contributed by atoms with E-state index in [9.17, 15) is 4.79 Å². The molecular weight excluding hydrogens is 178 g/mol. The van der Waals surface area contributed by atoms with E-state index >= 15 is 0 Å². The number of amides is 1. The van der Waals surface area contributed by atoms with Gasteiger partial charge in [0.15, 0.2) is 5.84 Å². The Morgan fingerprint density at radius 3 is 3.14 bits per heavy atom. The van der Waals surface area contributed by atoms with Gasteiger partial charge in [-0.15, -0.1) is 0 Å². The summed E-state index contributed by atoms with van der Waals surface area (Å²) in [7, 11) is 0. The fourth-order valence-corrected chi connectivity index (χ4v) is 1.27. The van der Waals surface area contributed by atoms with Gasteiger partial charge in [-0.2, -0.15) is 4.99 Å². The van der Waals surface area contributed by atoms with Crippen LogP contribution in [0.1, 0.15) is 5.56 Å². The fraction of sp³-hybridized carbons (Fsp3) is 0.100. The van der Waals surface area contributed by atoms with Crippen molar-refractivity contribution in [1.29, 1.82) is 0 Å². The molecule has 70 valence electrons. The summed E-state index contributed by atoms with van der Waals surface area (Å²) in [5, 5.41) is 3.15. The SMILES string of the molecule is O=CN=C1CNc2ccccc2C=N1. The van der Waals surface area contributed by atoms with E-state index in [1.807, 2.05) is 24.3 Å². The van der Waals surface area contributed by atoms with E-state index < -0.39 is 0 Å². The maximum atomic E-state index is 10.2. The minimum atomic E-state index is 0.478. The number of fused-ring (bicyclic) bond motifs is 1. The first-order valence-electron chi connectivity index (χ1n) is 4.27. The molecule has 0 spiro atoms. The van der Waals surface area contributed by atoms with Crippen molar-refractivity contribution >= 4 is 24.1 Å². The highest BCUT2D eigenvalue weighted by Crippen LogP contribution is 2.14. The van der Waals surface area contributed by atoms with Crippen molar-refractivity contribution in [2.24, 2.45) is 9.98 Å². The molecule has 0 aromatic heterocycles. The highest BCUT2D eigenvalue weighted by molar-refractivity contribution is 6.03. The second-order valence-corrected chi connectivity index (χ2v) is 2.85. The van der Waals surface area contributed by atoms with E-state index in [0.717, 1.165) is 11.3 Å². The Hall–Kier alpha value is -1.97. The molecule has 2 rings (SSSR count). The number of para-hydroxylation sites is 1. The van der Waals surface area contributed by atoms with Gasteiger partial charge in [0.05, 0.1) is 6.54 Å². The van der Waals surface area contributed by atoms with E-state index in [4.69, 9.17) is 0 Å². The first-order valence-corrected chi connectivity index (χ1v) is 4.27. The molecule has 1 aromatic rings. The largest absolute Gasteiger partial charge is 0.377 e. The van der Waals surface area contributed by atoms with Crippen LogP contribution in [0.2, 0.25) is 0 Å². The van der Waals surface area contributed by atoms with Crippen LogP contribution in [0, 0.1) is 0 Å². The number of nitrogens with zero attached hydrogens (tertiary/aromatic N) is 2. The van der Waals surface area contributed by atoms with Gasteiger partial charge in [0.1, 0.15) is 0 Å². The van der Waals surface area contributed by atoms with Crippen molar-refractivity contribution in [3.8, 4) is 0 Å². The van der Waals surface area contributed by atoms with Crippen LogP contribution in [-0.2, 0) is 4.79 Å². The summed E-state index contributed by atoms with van der Waals surface area (Å²) in [6.07, 6.45) is 2.21. The molecule has 1 N–H and O–H groups in total. The van der Waals surface area contributed by atoms with E-state index in [-0.39, 0.29) is 0 Å². The molecule has 0 unspecified atom stereocenters. The molecule has 1 aromatic carbocycles. The van der Waals surface area contributed by atoms with Crippen molar-refractivity contribution < 1.29 is 4.79 Å². The summed E-state index contributed by atoms with van der Waals surface area (Å²) in [4.78, 5) is 17.9. The number of aliphatic imine (C=N–C) groups is 2. The van der Waals surface area contributed by atoms with E-state index in [0.29, 0.717) is 18.8 Å². The molecule has 0 atom stereocenters. The number of rotatable bonds is 1. The number of benzene rings is 1. The quantitative estimate of drug-likeness (QED) is 0.669. The average Bonchev–Trinajstić information content (AvgIpc) is 2.42. The van der Waals surface area contributed by atoms with Gasteiger partial charge < -0.3 is 5.32 Å². The molecule has 1 aliphatic heterocycles. The van der Waals surface area contributed by atoms with Crippen molar-refractivity contribution in [3.63, 3.8) is 0 Å². The molecule has 1 amide bonds. The second kappa shape index (κ2) is 3.83. The van der Waals surface area contributed by atoms with Crippen LogP contribution < -0.4 is 5.32 Å². The molecule has 0 radical (unpaired) electrons. The lowest BCUT2D eigenvalue weighted by Gasteiger charge is -2.03. The van der Waals surface area contributed by atoms with Gasteiger partial charge >= 0.3 is 0 Å². The molecule has 0 fully saturated rings. The minimum absolute atomic E-state index is 0.478. The van der Waals surface area contributed by atoms with Crippen LogP contribution in [0.25, 0.3) is 0 Å². The third-order valence-electron chi connectivity index (χ3n) is 1.95. The lowest BCUT2D eigenvalue weighted by Crippen LogP contribution is -2.10. The smallest absolute Gasteiger partial charge is 0.234 e. The summed E-state index contributed by atoms with van der Waals surface area (Å²) in [6.45, 7) is 0.478. The molecule has 4 heteroatoms. The van der Waals surface area contributed by atoms with Crippen molar-refractivity contribution in [2.75, 3.05) is 11.9 Å². The number of hydrogen-bond donors (Lipinski definition) is 1. The highest BCUT2D eigenvalue weighted by Gasteiger charge is 2.05. The van der Waals surface area contributed by atoms with Crippen LogP contribution in [-0.4, -0.2) is 25.0 Å². The molecule has 0 saturated heterocycles. The van der Waals surface area contributed by atoms with Gasteiger partial charge in [0.2, 0.25) is 6.41 Å². The van der Waals surface area contributed by atoms with E-state index in [1.165, 1.54) is 0 Å². The third-order valence-corrected chi connectivity index (χ3v) is 1.95. The van der Waals surface area contributed by atoms with Gasteiger partial charge in [0, 0.05) is 17.5 Å². The number of benzodiazepines with no additional fused rings is 1. The zero-order chi connectivity index (χ0) is 9.80. The van der Waals surface area contributed by atoms with Gasteiger partial charge in [-0.25, -0.2) is 4.99 Å². The Morgan fingerprint density at radius 2 is 2.29 bits per heavy atom. The Labute approximate surface area is 81.4 Å². The van der Waals surface area contributed by atoms with Gasteiger partial charge in [-0.05, 0) is 6.07 Å². The zero-order valence-corrected chi connectivity index (χ0v) is 7.47. The fourth-order valence-electron chi connectivity index (χ4n) is 1.27. The molecular formula is C10H9N3O. The van der Waals surface area contributed by atoms with E-state index in [2.05, 4.69) is 15.3 Å². The Bertz CT molecular complexity index is 410. The first kappa shape index (κ1) is 8.62. The van der Waals surface area contributed by atoms with Crippen molar-refractivity contribution in [2.45, 2.75) is 0 Å². The van der Waals surface area contributed by atoms with Crippen LogP contribution in [0.5, 0.6) is 0 Å². The zero-order valence-electron chi connectivity index (χ0n) is 7.47. The molecule has 0 saturated carbocycles. The van der Waals surface area contributed by atoms with E-state index in [1.54, 1.807) is 6.21 Å². The topological polar surface area (TPSA) is 53.8 Å². The average molecular weight is 187 g/mol. The predicted molar refractivity (Wildman–Crippen MR) is 56.0 cm³/mol. The summed E-state index contributed by atoms with van der Waals surface area (Å²) in [6, 6.07) is 7.80. The van der Waals surface area contributed by atoms with Crippen LogP contribution >= 0.6 is 0 Å². The van der Waals surface area contributed by atoms with Crippen LogP contribution in [0.3, 0.4) is 0 Å². The third kappa shape index (κ3) is 1.69. The number of hydrogen-bond acceptors (Lipinski definition) is 2. The summed E-state index contributed by atoms with van der Waals surface area (Å²) in [5.41, 5.74) is 2.01. The lowest BCUT2D eigenvalue weighted by atomic mass is 10.2. The maximum Gasteiger partial charge on any atom is 0.234 e. The molecule has 0 aliphatic carbocycles. The van der Waals surface area contributed by atoms with Crippen LogP contribution in [0.4, 0.5) is 5.69 Å². The first-order chi connectivity index (χ1) is 6.90. The molecule has 4 nitrogen and oxygen atoms in total. The van der Waals surface area contributed by atoms with Crippen molar-refractivity contribution in [1.82, 2.24) is 0 Å². The molecule has 14 heavy (non-hydrogen) atoms. The number of anilines is 1. The Kier molecular flexibility index (Phi) is 2.36. The maximum absolute atomic E-state index is 10.2. The number of carbonyl (C=O) groups is 1. The monoisotopic (exact) mass is 187 g/mol. The van der Waals surface area contributed by atoms with Gasteiger partial charge in [-0.3, -0.25) is 4.79 Å². The normalized spacial score (nSPS) is 17.0. The Balaban J connectivity index is 2.34. The second-order valence-electron chi connectivity index (χ2n) is 2.85. The Morgan fingerprint density at radius 1 is 1.43 bits per heavy atom. The summed E-state index contributed by atoms with van der Waals surface area (Å²) in [5.74, 6) is 0.496. The van der Waals surface area contributed by atoms with Gasteiger partial charge in [-0.1, -0.05) is 18.2 Å². The summed E-state index contributed by atoms with van der Waals surface area (Å²) < 4.78 is 0. The minimum Gasteiger partial charge on any atom is -0.377 e. The summed E-state index contributed by atoms with van der Waals surface area (Å²) >= 11 is 0.